The highest BCUT2D eigenvalue weighted by atomic mass is 35.5. The number of thiazole rings is 1. The van der Waals surface area contributed by atoms with E-state index >= 15 is 0 Å². The lowest BCUT2D eigenvalue weighted by Gasteiger charge is -2.33. The predicted octanol–water partition coefficient (Wildman–Crippen LogP) is 2.72. The number of nitrogens with two attached hydrogens (primary N) is 1. The number of fused-ring (bicyclic) bond motifs is 1. The summed E-state index contributed by atoms with van der Waals surface area (Å²) in [6.45, 7) is 6.98. The summed E-state index contributed by atoms with van der Waals surface area (Å²) in [5.74, 6) is 0. The number of anilines is 1. The van der Waals surface area contributed by atoms with Gasteiger partial charge < -0.3 is 16.1 Å². The number of nitrogen functional groups attached to an aromatic ring is 1. The Kier molecular flexibility index (Phi) is 11.8. The molecule has 1 aliphatic rings. The maximum absolute atomic E-state index is 5.79. The highest BCUT2D eigenvalue weighted by Crippen LogP contribution is 2.30. The largest absolute Gasteiger partial charge is 0.412 e. The normalized spacial score (nSPS) is 16.6. The third-order valence-corrected chi connectivity index (χ3v) is 4.42. The van der Waals surface area contributed by atoms with Gasteiger partial charge >= 0.3 is 0 Å². The summed E-state index contributed by atoms with van der Waals surface area (Å²) >= 11 is 1.69. The highest BCUT2D eigenvalue weighted by Gasteiger charge is 2.25. The van der Waals surface area contributed by atoms with Crippen LogP contribution in [0, 0.1) is 0 Å². The van der Waals surface area contributed by atoms with Crippen LogP contribution in [-0.4, -0.2) is 34.5 Å². The number of hydrogen-bond donors (Lipinski definition) is 1. The second-order valence-corrected chi connectivity index (χ2v) is 5.97. The van der Waals surface area contributed by atoms with Gasteiger partial charge in [-0.05, 0) is 45.2 Å². The van der Waals surface area contributed by atoms with Crippen LogP contribution >= 0.6 is 36.2 Å². The fourth-order valence-electron chi connectivity index (χ4n) is 2.74. The number of hydrogen-bond acceptors (Lipinski definition) is 4. The molecule has 20 heavy (non-hydrogen) atoms. The van der Waals surface area contributed by atoms with Gasteiger partial charge in [-0.3, -0.25) is 0 Å². The lowest BCUT2D eigenvalue weighted by atomic mass is 9.96. The van der Waals surface area contributed by atoms with Crippen LogP contribution < -0.4 is 5.73 Å². The van der Waals surface area contributed by atoms with Gasteiger partial charge in [0, 0.05) is 10.9 Å². The van der Waals surface area contributed by atoms with E-state index in [1.807, 2.05) is 0 Å². The Bertz CT molecular complexity index is 370. The fraction of sp³-hybridized carbons (Fsp3) is 0.769. The topological polar surface area (TPSA) is 73.7 Å². The average molecular weight is 344 g/mol. The standard InChI is InChI=1S/C13H23N3S.2ClH.H2O/c1-3-7-16(8-4-2)10-5-6-11-12(9-10)17-13(14)15-11;;;/h10H,3-9H2,1-2H3,(H2,14,15);2*1H;1H2. The Morgan fingerprint density at radius 2 is 1.85 bits per heavy atom. The highest BCUT2D eigenvalue weighted by molar-refractivity contribution is 7.15. The molecule has 1 unspecified atom stereocenters. The maximum atomic E-state index is 5.79. The Balaban J connectivity index is 0. The van der Waals surface area contributed by atoms with Gasteiger partial charge in [0.1, 0.15) is 0 Å². The Labute approximate surface area is 138 Å². The van der Waals surface area contributed by atoms with Crippen molar-refractivity contribution in [1.29, 1.82) is 0 Å². The summed E-state index contributed by atoms with van der Waals surface area (Å²) in [4.78, 5) is 8.49. The van der Waals surface area contributed by atoms with Gasteiger partial charge in [0.25, 0.3) is 0 Å². The molecule has 1 aromatic rings. The van der Waals surface area contributed by atoms with E-state index in [0.717, 1.165) is 18.0 Å². The van der Waals surface area contributed by atoms with Crippen molar-refractivity contribution in [2.24, 2.45) is 0 Å². The minimum atomic E-state index is 0. The molecule has 1 aliphatic carbocycles. The van der Waals surface area contributed by atoms with Gasteiger partial charge in [-0.1, -0.05) is 13.8 Å². The van der Waals surface area contributed by atoms with Gasteiger partial charge in [0.2, 0.25) is 0 Å². The first-order valence-corrected chi connectivity index (χ1v) is 7.54. The van der Waals surface area contributed by atoms with Crippen LogP contribution in [0.2, 0.25) is 0 Å². The molecule has 1 aromatic heterocycles. The first-order chi connectivity index (χ1) is 8.24. The molecule has 1 heterocycles. The zero-order valence-electron chi connectivity index (χ0n) is 12.2. The summed E-state index contributed by atoms with van der Waals surface area (Å²) in [5.41, 5.74) is 7.05. The van der Waals surface area contributed by atoms with Crippen LogP contribution in [0.5, 0.6) is 0 Å². The summed E-state index contributed by atoms with van der Waals surface area (Å²) in [6, 6.07) is 0.710. The van der Waals surface area contributed by atoms with Crippen molar-refractivity contribution in [2.75, 3.05) is 18.8 Å². The fourth-order valence-corrected chi connectivity index (χ4v) is 3.69. The van der Waals surface area contributed by atoms with Crippen LogP contribution in [0.15, 0.2) is 0 Å². The zero-order valence-corrected chi connectivity index (χ0v) is 14.7. The molecule has 0 fully saturated rings. The van der Waals surface area contributed by atoms with Gasteiger partial charge in [-0.25, -0.2) is 4.98 Å². The monoisotopic (exact) mass is 343 g/mol. The average Bonchev–Trinajstić information content (AvgIpc) is 2.67. The van der Waals surface area contributed by atoms with E-state index in [1.165, 1.54) is 42.9 Å². The van der Waals surface area contributed by atoms with Crippen LogP contribution in [0.3, 0.4) is 0 Å². The van der Waals surface area contributed by atoms with E-state index in [1.54, 1.807) is 11.3 Å². The molecule has 0 amide bonds. The molecule has 7 heteroatoms. The molecule has 2 rings (SSSR count). The van der Waals surface area contributed by atoms with E-state index in [9.17, 15) is 0 Å². The maximum Gasteiger partial charge on any atom is 0.180 e. The zero-order chi connectivity index (χ0) is 12.3. The third kappa shape index (κ3) is 5.37. The van der Waals surface area contributed by atoms with Gasteiger partial charge in [-0.2, -0.15) is 0 Å². The molecule has 4 nitrogen and oxygen atoms in total. The second-order valence-electron chi connectivity index (χ2n) is 4.85. The molecule has 4 N–H and O–H groups in total. The summed E-state index contributed by atoms with van der Waals surface area (Å²) in [7, 11) is 0. The minimum Gasteiger partial charge on any atom is -0.412 e. The van der Waals surface area contributed by atoms with E-state index in [4.69, 9.17) is 5.73 Å². The molecule has 0 spiro atoms. The summed E-state index contributed by atoms with van der Waals surface area (Å²) in [5, 5.41) is 0.744. The molecule has 0 aromatic carbocycles. The Morgan fingerprint density at radius 3 is 2.40 bits per heavy atom. The first-order valence-electron chi connectivity index (χ1n) is 6.72. The number of aromatic nitrogens is 1. The third-order valence-electron chi connectivity index (χ3n) is 3.47. The molecule has 1 atom stereocenters. The van der Waals surface area contributed by atoms with E-state index in [0.29, 0.717) is 6.04 Å². The molecule has 0 radical (unpaired) electrons. The number of nitrogens with zero attached hydrogens (tertiary/aromatic N) is 2. The van der Waals surface area contributed by atoms with Crippen molar-refractivity contribution in [3.05, 3.63) is 10.6 Å². The smallest absolute Gasteiger partial charge is 0.180 e. The second kappa shape index (κ2) is 10.6. The van der Waals surface area contributed by atoms with Crippen LogP contribution in [0.1, 0.15) is 43.7 Å². The van der Waals surface area contributed by atoms with Crippen LogP contribution in [0.25, 0.3) is 0 Å². The quantitative estimate of drug-likeness (QED) is 0.892. The minimum absolute atomic E-state index is 0. The van der Waals surface area contributed by atoms with E-state index in [-0.39, 0.29) is 30.3 Å². The van der Waals surface area contributed by atoms with E-state index < -0.39 is 0 Å². The van der Waals surface area contributed by atoms with Gasteiger partial charge in [0.05, 0.1) is 5.69 Å². The molecule has 0 saturated heterocycles. The Hall–Kier alpha value is -0.0700. The summed E-state index contributed by atoms with van der Waals surface area (Å²) in [6.07, 6.45) is 6.00. The number of aryl methyl sites for hydroxylation is 1. The predicted molar refractivity (Wildman–Crippen MR) is 92.6 cm³/mol. The molecular formula is C13H27Cl2N3OS. The van der Waals surface area contributed by atoms with Crippen molar-refractivity contribution in [2.45, 2.75) is 52.0 Å². The SMILES string of the molecule is CCCN(CCC)C1CCc2nc(N)sc2C1.Cl.Cl.O. The van der Waals surface area contributed by atoms with Crippen molar-refractivity contribution in [1.82, 2.24) is 9.88 Å². The number of rotatable bonds is 5. The van der Waals surface area contributed by atoms with Crippen molar-refractivity contribution in [3.63, 3.8) is 0 Å². The molecule has 0 aliphatic heterocycles. The molecule has 0 bridgehead atoms. The van der Waals surface area contributed by atoms with Gasteiger partial charge in [-0.15, -0.1) is 36.2 Å². The van der Waals surface area contributed by atoms with Crippen molar-refractivity contribution in [3.8, 4) is 0 Å². The Morgan fingerprint density at radius 1 is 1.25 bits per heavy atom. The lowest BCUT2D eigenvalue weighted by molar-refractivity contribution is 0.180. The number of halogens is 2. The molecule has 120 valence electrons. The summed E-state index contributed by atoms with van der Waals surface area (Å²) < 4.78 is 0. The van der Waals surface area contributed by atoms with Crippen molar-refractivity contribution >= 4 is 41.3 Å². The lowest BCUT2D eigenvalue weighted by Crippen LogP contribution is -2.40. The molecule has 0 saturated carbocycles. The van der Waals surface area contributed by atoms with Crippen LogP contribution in [-0.2, 0) is 12.8 Å². The van der Waals surface area contributed by atoms with Crippen LogP contribution in [0.4, 0.5) is 5.13 Å². The van der Waals surface area contributed by atoms with Crippen molar-refractivity contribution < 1.29 is 5.48 Å². The first kappa shape index (κ1) is 22.2. The molecular weight excluding hydrogens is 317 g/mol. The van der Waals surface area contributed by atoms with E-state index in [2.05, 4.69) is 23.7 Å². The van der Waals surface area contributed by atoms with Gasteiger partial charge in [0.15, 0.2) is 5.13 Å².